The number of hydrogen-bond donors (Lipinski definition) is 1. The van der Waals surface area contributed by atoms with E-state index in [1.807, 2.05) is 0 Å². The fraction of sp³-hybridized carbons (Fsp3) is 0.346. The van der Waals surface area contributed by atoms with E-state index < -0.39 is 35.1 Å². The van der Waals surface area contributed by atoms with Gasteiger partial charge in [-0.2, -0.15) is 5.10 Å². The lowest BCUT2D eigenvalue weighted by Crippen LogP contribution is -2.41. The van der Waals surface area contributed by atoms with E-state index in [2.05, 4.69) is 10.4 Å². The second-order valence-corrected chi connectivity index (χ2v) is 9.65. The number of carbonyl (C=O) groups excluding carboxylic acids is 2. The molecule has 0 spiro atoms. The standard InChI is InChI=1S/C26H27F3N4O3/c1-26(2,3)36-25(35)32-12-10-16(11-13-32)23-20(15-30-33(23)19-7-4-17(27)5-8-19)24(34)31-22-9-6-18(28)14-21(22)29/h4-9,14-16H,10-13H2,1-3H3,(H,31,34). The van der Waals surface area contributed by atoms with Crippen molar-refractivity contribution in [3.8, 4) is 5.69 Å². The average Bonchev–Trinajstić information content (AvgIpc) is 3.25. The predicted molar refractivity (Wildman–Crippen MR) is 128 cm³/mol. The number of halogens is 3. The molecule has 7 nitrogen and oxygen atoms in total. The van der Waals surface area contributed by atoms with Gasteiger partial charge in [-0.05, 0) is 70.0 Å². The quantitative estimate of drug-likeness (QED) is 0.502. The molecule has 2 heterocycles. The van der Waals surface area contributed by atoms with Crippen LogP contribution in [0.1, 0.15) is 55.6 Å². The molecule has 1 fully saturated rings. The highest BCUT2D eigenvalue weighted by molar-refractivity contribution is 6.05. The second kappa shape index (κ2) is 10.0. The maximum absolute atomic E-state index is 14.2. The maximum Gasteiger partial charge on any atom is 0.410 e. The maximum atomic E-state index is 14.2. The van der Waals surface area contributed by atoms with E-state index in [0.29, 0.717) is 43.4 Å². The summed E-state index contributed by atoms with van der Waals surface area (Å²) in [6.45, 7) is 6.21. The predicted octanol–water partition coefficient (Wildman–Crippen LogP) is 5.66. The molecule has 36 heavy (non-hydrogen) atoms. The number of likely N-dealkylation sites (tertiary alicyclic amines) is 1. The molecule has 2 amide bonds. The van der Waals surface area contributed by atoms with Gasteiger partial charge in [0.15, 0.2) is 0 Å². The van der Waals surface area contributed by atoms with Crippen LogP contribution in [0.15, 0.2) is 48.7 Å². The molecule has 4 rings (SSSR count). The fourth-order valence-electron chi connectivity index (χ4n) is 4.16. The van der Waals surface area contributed by atoms with Crippen molar-refractivity contribution in [2.24, 2.45) is 0 Å². The number of rotatable bonds is 4. The number of amides is 2. The summed E-state index contributed by atoms with van der Waals surface area (Å²) >= 11 is 0. The van der Waals surface area contributed by atoms with E-state index in [9.17, 15) is 22.8 Å². The van der Waals surface area contributed by atoms with Gasteiger partial charge in [-0.1, -0.05) is 0 Å². The first-order valence-corrected chi connectivity index (χ1v) is 11.6. The Balaban J connectivity index is 1.62. The Labute approximate surface area is 206 Å². The molecule has 190 valence electrons. The number of nitrogens with zero attached hydrogens (tertiary/aromatic N) is 3. The first kappa shape index (κ1) is 25.3. The zero-order valence-corrected chi connectivity index (χ0v) is 20.2. The van der Waals surface area contributed by atoms with Crippen LogP contribution >= 0.6 is 0 Å². The molecule has 0 bridgehead atoms. The van der Waals surface area contributed by atoms with Crippen LogP contribution in [0.3, 0.4) is 0 Å². The number of hydrogen-bond acceptors (Lipinski definition) is 4. The van der Waals surface area contributed by atoms with Crippen LogP contribution in [0.4, 0.5) is 23.7 Å². The Bertz CT molecular complexity index is 1260. The van der Waals surface area contributed by atoms with Crippen LogP contribution in [-0.4, -0.2) is 45.4 Å². The SMILES string of the molecule is CC(C)(C)OC(=O)N1CCC(c2c(C(=O)Nc3ccc(F)cc3F)cnn2-c2ccc(F)cc2)CC1. The van der Waals surface area contributed by atoms with Gasteiger partial charge in [-0.25, -0.2) is 22.6 Å². The Morgan fingerprint density at radius 2 is 1.64 bits per heavy atom. The molecule has 1 aromatic heterocycles. The van der Waals surface area contributed by atoms with E-state index in [4.69, 9.17) is 4.74 Å². The zero-order chi connectivity index (χ0) is 26.0. The second-order valence-electron chi connectivity index (χ2n) is 9.65. The summed E-state index contributed by atoms with van der Waals surface area (Å²) in [5, 5.41) is 6.85. The molecule has 0 unspecified atom stereocenters. The Morgan fingerprint density at radius 3 is 2.25 bits per heavy atom. The first-order valence-electron chi connectivity index (χ1n) is 11.6. The third kappa shape index (κ3) is 5.69. The van der Waals surface area contributed by atoms with E-state index in [1.165, 1.54) is 18.3 Å². The third-order valence-corrected chi connectivity index (χ3v) is 5.83. The third-order valence-electron chi connectivity index (χ3n) is 5.83. The Morgan fingerprint density at radius 1 is 1.00 bits per heavy atom. The van der Waals surface area contributed by atoms with Crippen molar-refractivity contribution in [3.05, 3.63) is 77.4 Å². The van der Waals surface area contributed by atoms with Crippen molar-refractivity contribution < 1.29 is 27.5 Å². The van der Waals surface area contributed by atoms with Crippen molar-refractivity contribution in [1.29, 1.82) is 0 Å². The molecular weight excluding hydrogens is 473 g/mol. The highest BCUT2D eigenvalue weighted by Gasteiger charge is 2.32. The number of piperidine rings is 1. The lowest BCUT2D eigenvalue weighted by molar-refractivity contribution is 0.0203. The minimum atomic E-state index is -0.901. The van der Waals surface area contributed by atoms with Crippen LogP contribution in [0.5, 0.6) is 0 Å². The average molecular weight is 501 g/mol. The monoisotopic (exact) mass is 500 g/mol. The molecule has 10 heteroatoms. The lowest BCUT2D eigenvalue weighted by atomic mass is 9.90. The number of ether oxygens (including phenoxy) is 1. The number of nitrogens with one attached hydrogen (secondary N) is 1. The summed E-state index contributed by atoms with van der Waals surface area (Å²) in [6.07, 6.45) is 2.02. The van der Waals surface area contributed by atoms with Gasteiger partial charge in [-0.3, -0.25) is 4.79 Å². The molecule has 0 atom stereocenters. The van der Waals surface area contributed by atoms with E-state index in [1.54, 1.807) is 42.5 Å². The molecule has 2 aromatic carbocycles. The van der Waals surface area contributed by atoms with Gasteiger partial charge >= 0.3 is 6.09 Å². The molecule has 1 aliphatic heterocycles. The highest BCUT2D eigenvalue weighted by Crippen LogP contribution is 2.33. The topological polar surface area (TPSA) is 76.5 Å². The summed E-state index contributed by atoms with van der Waals surface area (Å²) in [7, 11) is 0. The van der Waals surface area contributed by atoms with Gasteiger partial charge in [0.05, 0.1) is 28.8 Å². The molecule has 0 radical (unpaired) electrons. The molecule has 1 saturated heterocycles. The molecule has 3 aromatic rings. The van der Waals surface area contributed by atoms with Crippen LogP contribution in [0.25, 0.3) is 5.69 Å². The summed E-state index contributed by atoms with van der Waals surface area (Å²) in [5.41, 5.74) is 0.537. The van der Waals surface area contributed by atoms with Crippen molar-refractivity contribution in [3.63, 3.8) is 0 Å². The minimum Gasteiger partial charge on any atom is -0.444 e. The number of aromatic nitrogens is 2. The largest absolute Gasteiger partial charge is 0.444 e. The van der Waals surface area contributed by atoms with Crippen molar-refractivity contribution in [2.75, 3.05) is 18.4 Å². The Kier molecular flexibility index (Phi) is 7.05. The minimum absolute atomic E-state index is 0.165. The van der Waals surface area contributed by atoms with Gasteiger partial charge in [0.25, 0.3) is 5.91 Å². The van der Waals surface area contributed by atoms with Crippen LogP contribution < -0.4 is 5.32 Å². The van der Waals surface area contributed by atoms with Crippen molar-refractivity contribution >= 4 is 17.7 Å². The normalized spacial score (nSPS) is 14.6. The van der Waals surface area contributed by atoms with Gasteiger partial charge < -0.3 is 15.0 Å². The smallest absolute Gasteiger partial charge is 0.410 e. The van der Waals surface area contributed by atoms with E-state index in [0.717, 1.165) is 12.1 Å². The van der Waals surface area contributed by atoms with Crippen LogP contribution in [0.2, 0.25) is 0 Å². The molecule has 0 saturated carbocycles. The van der Waals surface area contributed by atoms with Crippen LogP contribution in [0, 0.1) is 17.5 Å². The highest BCUT2D eigenvalue weighted by atomic mass is 19.1. The summed E-state index contributed by atoms with van der Waals surface area (Å²) in [6, 6.07) is 8.55. The van der Waals surface area contributed by atoms with Gasteiger partial charge in [0.2, 0.25) is 0 Å². The molecular formula is C26H27F3N4O3. The van der Waals surface area contributed by atoms with Crippen molar-refractivity contribution in [2.45, 2.75) is 45.1 Å². The van der Waals surface area contributed by atoms with Gasteiger partial charge in [0.1, 0.15) is 23.1 Å². The fourth-order valence-corrected chi connectivity index (χ4v) is 4.16. The number of anilines is 1. The van der Waals surface area contributed by atoms with Crippen molar-refractivity contribution in [1.82, 2.24) is 14.7 Å². The van der Waals surface area contributed by atoms with Gasteiger partial charge in [0, 0.05) is 25.1 Å². The number of benzene rings is 2. The lowest BCUT2D eigenvalue weighted by Gasteiger charge is -2.34. The van der Waals surface area contributed by atoms with E-state index in [-0.39, 0.29) is 17.2 Å². The van der Waals surface area contributed by atoms with Crippen LogP contribution in [-0.2, 0) is 4.74 Å². The summed E-state index contributed by atoms with van der Waals surface area (Å²) < 4.78 is 48.0. The number of carbonyl (C=O) groups is 2. The molecule has 1 aliphatic rings. The molecule has 0 aliphatic carbocycles. The van der Waals surface area contributed by atoms with E-state index >= 15 is 0 Å². The Hall–Kier alpha value is -3.82. The summed E-state index contributed by atoms with van der Waals surface area (Å²) in [5.74, 6) is -2.86. The first-order chi connectivity index (χ1) is 17.0. The zero-order valence-electron chi connectivity index (χ0n) is 20.2. The molecule has 1 N–H and O–H groups in total. The van der Waals surface area contributed by atoms with Gasteiger partial charge in [-0.15, -0.1) is 0 Å². The summed E-state index contributed by atoms with van der Waals surface area (Å²) in [4.78, 5) is 27.3.